The maximum Gasteiger partial charge on any atom is 0.304 e. The quantitative estimate of drug-likeness (QED) is 0.795. The summed E-state index contributed by atoms with van der Waals surface area (Å²) in [6, 6.07) is 0. The molecule has 0 aromatic carbocycles. The SMILES string of the molecule is CC1(CC(=O)O)C=C(Br)SC1Br. The van der Waals surface area contributed by atoms with Crippen molar-refractivity contribution in [3.05, 3.63) is 9.89 Å². The second-order valence-corrected chi connectivity index (χ2v) is 7.01. The fourth-order valence-corrected chi connectivity index (χ4v) is 4.74. The first kappa shape index (κ1) is 10.6. The number of allylic oxidation sites excluding steroid dienone is 1. The summed E-state index contributed by atoms with van der Waals surface area (Å²) >= 11 is 8.39. The predicted molar refractivity (Wildman–Crippen MR) is 57.7 cm³/mol. The van der Waals surface area contributed by atoms with Crippen molar-refractivity contribution in [1.82, 2.24) is 0 Å². The standard InChI is InChI=1S/C7H8Br2O2S/c1-7(3-5(10)11)2-4(8)12-6(7)9/h2,6H,3H2,1H3,(H,10,11). The average Bonchev–Trinajstić information content (AvgIpc) is 2.04. The van der Waals surface area contributed by atoms with Gasteiger partial charge in [0.15, 0.2) is 0 Å². The average molecular weight is 316 g/mol. The Morgan fingerprint density at radius 2 is 2.50 bits per heavy atom. The van der Waals surface area contributed by atoms with E-state index in [9.17, 15) is 4.79 Å². The summed E-state index contributed by atoms with van der Waals surface area (Å²) in [5.74, 6) is -0.763. The zero-order valence-corrected chi connectivity index (χ0v) is 10.4. The first-order valence-corrected chi connectivity index (χ1v) is 5.94. The highest BCUT2D eigenvalue weighted by Gasteiger charge is 2.38. The van der Waals surface area contributed by atoms with Crippen LogP contribution in [0.2, 0.25) is 0 Å². The van der Waals surface area contributed by atoms with Crippen LogP contribution in [0.5, 0.6) is 0 Å². The van der Waals surface area contributed by atoms with E-state index in [0.29, 0.717) is 0 Å². The number of carbonyl (C=O) groups is 1. The third kappa shape index (κ3) is 2.26. The van der Waals surface area contributed by atoms with Crippen LogP contribution in [0.15, 0.2) is 9.89 Å². The number of thioether (sulfide) groups is 1. The van der Waals surface area contributed by atoms with Crippen molar-refractivity contribution in [2.45, 2.75) is 17.5 Å². The summed E-state index contributed by atoms with van der Waals surface area (Å²) in [5, 5.41) is 8.67. The molecule has 12 heavy (non-hydrogen) atoms. The van der Waals surface area contributed by atoms with Crippen molar-refractivity contribution in [1.29, 1.82) is 0 Å². The highest BCUT2D eigenvalue weighted by Crippen LogP contribution is 2.51. The second kappa shape index (κ2) is 3.72. The molecule has 1 aliphatic rings. The van der Waals surface area contributed by atoms with Crippen LogP contribution >= 0.6 is 43.6 Å². The molecule has 1 N–H and O–H groups in total. The number of halogens is 2. The lowest BCUT2D eigenvalue weighted by molar-refractivity contribution is -0.138. The van der Waals surface area contributed by atoms with Crippen molar-refractivity contribution in [2.24, 2.45) is 5.41 Å². The summed E-state index contributed by atoms with van der Waals surface area (Å²) in [5.41, 5.74) is -0.282. The van der Waals surface area contributed by atoms with E-state index in [4.69, 9.17) is 5.11 Å². The summed E-state index contributed by atoms with van der Waals surface area (Å²) in [7, 11) is 0. The van der Waals surface area contributed by atoms with Gasteiger partial charge in [-0.1, -0.05) is 28.9 Å². The van der Waals surface area contributed by atoms with E-state index in [2.05, 4.69) is 31.9 Å². The number of rotatable bonds is 2. The molecule has 0 radical (unpaired) electrons. The molecule has 0 saturated carbocycles. The molecule has 0 aromatic heterocycles. The Bertz CT molecular complexity index is 242. The van der Waals surface area contributed by atoms with Gasteiger partial charge in [-0.2, -0.15) is 0 Å². The van der Waals surface area contributed by atoms with Gasteiger partial charge < -0.3 is 5.11 Å². The molecule has 0 spiro atoms. The monoisotopic (exact) mass is 314 g/mol. The molecule has 2 atom stereocenters. The number of hydrogen-bond acceptors (Lipinski definition) is 2. The minimum absolute atomic E-state index is 0.149. The van der Waals surface area contributed by atoms with Gasteiger partial charge in [-0.25, -0.2) is 0 Å². The summed E-state index contributed by atoms with van der Waals surface area (Å²) in [6.45, 7) is 1.93. The number of carboxylic acids is 1. The van der Waals surface area contributed by atoms with Gasteiger partial charge in [0.1, 0.15) is 0 Å². The first-order chi connectivity index (χ1) is 5.44. The number of carboxylic acid groups (broad SMARTS) is 1. The number of hydrogen-bond donors (Lipinski definition) is 1. The van der Waals surface area contributed by atoms with Gasteiger partial charge in [-0.15, -0.1) is 11.8 Å². The second-order valence-electron chi connectivity index (χ2n) is 2.96. The van der Waals surface area contributed by atoms with Crippen molar-refractivity contribution in [3.8, 4) is 0 Å². The fourth-order valence-electron chi connectivity index (χ4n) is 1.05. The van der Waals surface area contributed by atoms with Crippen molar-refractivity contribution in [2.75, 3.05) is 0 Å². The van der Waals surface area contributed by atoms with E-state index in [1.807, 2.05) is 13.0 Å². The molecular formula is C7H8Br2O2S. The predicted octanol–water partition coefficient (Wildman–Crippen LogP) is 3.17. The maximum atomic E-state index is 10.5. The molecule has 0 saturated heterocycles. The lowest BCUT2D eigenvalue weighted by Gasteiger charge is -2.22. The Morgan fingerprint density at radius 3 is 2.83 bits per heavy atom. The molecule has 1 heterocycles. The van der Waals surface area contributed by atoms with Crippen molar-refractivity contribution < 1.29 is 9.90 Å². The lowest BCUT2D eigenvalue weighted by atomic mass is 9.90. The molecule has 0 aromatic rings. The zero-order valence-electron chi connectivity index (χ0n) is 6.38. The number of aliphatic carboxylic acids is 1. The van der Waals surface area contributed by atoms with Gasteiger partial charge in [0, 0.05) is 9.23 Å². The molecule has 0 bridgehead atoms. The van der Waals surface area contributed by atoms with E-state index in [1.54, 1.807) is 11.8 Å². The first-order valence-electron chi connectivity index (χ1n) is 3.35. The van der Waals surface area contributed by atoms with Gasteiger partial charge in [-0.3, -0.25) is 4.79 Å². The van der Waals surface area contributed by atoms with Crippen molar-refractivity contribution in [3.63, 3.8) is 0 Å². The zero-order chi connectivity index (χ0) is 9.35. The Balaban J connectivity index is 2.76. The Morgan fingerprint density at radius 1 is 1.92 bits per heavy atom. The van der Waals surface area contributed by atoms with E-state index >= 15 is 0 Å². The molecule has 2 unspecified atom stereocenters. The summed E-state index contributed by atoms with van der Waals surface area (Å²) in [4.78, 5) is 10.5. The molecule has 1 rings (SSSR count). The lowest BCUT2D eigenvalue weighted by Crippen LogP contribution is -2.23. The Labute approximate surface area is 92.0 Å². The minimum atomic E-state index is -0.763. The van der Waals surface area contributed by atoms with Crippen LogP contribution in [-0.4, -0.2) is 15.2 Å². The highest BCUT2D eigenvalue weighted by atomic mass is 79.9. The van der Waals surface area contributed by atoms with Crippen LogP contribution in [0.4, 0.5) is 0 Å². The van der Waals surface area contributed by atoms with Crippen LogP contribution in [0.3, 0.4) is 0 Å². The highest BCUT2D eigenvalue weighted by molar-refractivity contribution is 9.15. The largest absolute Gasteiger partial charge is 0.481 e. The minimum Gasteiger partial charge on any atom is -0.481 e. The normalized spacial score (nSPS) is 34.9. The Hall–Kier alpha value is 0.520. The maximum absolute atomic E-state index is 10.5. The number of alkyl halides is 1. The molecule has 2 nitrogen and oxygen atoms in total. The summed E-state index contributed by atoms with van der Waals surface area (Å²) in [6.07, 6.45) is 2.11. The fraction of sp³-hybridized carbons (Fsp3) is 0.571. The summed E-state index contributed by atoms with van der Waals surface area (Å²) < 4.78 is 1.16. The van der Waals surface area contributed by atoms with Gasteiger partial charge in [-0.05, 0) is 15.9 Å². The molecule has 0 fully saturated rings. The third-order valence-electron chi connectivity index (χ3n) is 1.71. The molecule has 0 amide bonds. The van der Waals surface area contributed by atoms with Crippen LogP contribution < -0.4 is 0 Å². The third-order valence-corrected chi connectivity index (χ3v) is 5.19. The van der Waals surface area contributed by atoms with Gasteiger partial charge >= 0.3 is 5.97 Å². The van der Waals surface area contributed by atoms with Crippen LogP contribution in [-0.2, 0) is 4.79 Å². The molecule has 1 aliphatic heterocycles. The van der Waals surface area contributed by atoms with Gasteiger partial charge in [0.2, 0.25) is 0 Å². The van der Waals surface area contributed by atoms with Crippen molar-refractivity contribution >= 4 is 49.6 Å². The van der Waals surface area contributed by atoms with E-state index in [1.165, 1.54) is 0 Å². The van der Waals surface area contributed by atoms with E-state index in [0.717, 1.165) is 3.81 Å². The van der Waals surface area contributed by atoms with E-state index < -0.39 is 5.97 Å². The van der Waals surface area contributed by atoms with E-state index in [-0.39, 0.29) is 16.0 Å². The molecule has 68 valence electrons. The van der Waals surface area contributed by atoms with Gasteiger partial charge in [0.05, 0.1) is 10.6 Å². The molecular weight excluding hydrogens is 308 g/mol. The van der Waals surface area contributed by atoms with Gasteiger partial charge in [0.25, 0.3) is 0 Å². The van der Waals surface area contributed by atoms with Crippen LogP contribution in [0.25, 0.3) is 0 Å². The Kier molecular flexibility index (Phi) is 3.28. The topological polar surface area (TPSA) is 37.3 Å². The van der Waals surface area contributed by atoms with Crippen LogP contribution in [0.1, 0.15) is 13.3 Å². The molecule has 0 aliphatic carbocycles. The smallest absolute Gasteiger partial charge is 0.304 e. The molecule has 5 heteroatoms. The van der Waals surface area contributed by atoms with Crippen LogP contribution in [0, 0.1) is 5.41 Å².